The zero-order chi connectivity index (χ0) is 13.8. The Morgan fingerprint density at radius 2 is 1.89 bits per heavy atom. The number of fused-ring (bicyclic) bond motifs is 1. The first-order chi connectivity index (χ1) is 9.17. The third kappa shape index (κ3) is 2.94. The minimum absolute atomic E-state index is 0.347. The van der Waals surface area contributed by atoms with Crippen molar-refractivity contribution in [3.05, 3.63) is 28.8 Å². The molecule has 1 aliphatic heterocycles. The molecule has 0 saturated carbocycles. The van der Waals surface area contributed by atoms with Crippen LogP contribution in [0.5, 0.6) is 11.5 Å². The van der Waals surface area contributed by atoms with Gasteiger partial charge in [-0.1, -0.05) is 32.3 Å². The molecule has 0 bridgehead atoms. The summed E-state index contributed by atoms with van der Waals surface area (Å²) in [5, 5.41) is 0. The van der Waals surface area contributed by atoms with E-state index in [-0.39, 0.29) is 0 Å². The third-order valence-corrected chi connectivity index (χ3v) is 3.50. The van der Waals surface area contributed by atoms with E-state index < -0.39 is 0 Å². The Labute approximate surface area is 116 Å². The Morgan fingerprint density at radius 3 is 2.53 bits per heavy atom. The summed E-state index contributed by atoms with van der Waals surface area (Å²) in [5.41, 5.74) is 5.35. The van der Waals surface area contributed by atoms with E-state index in [1.165, 1.54) is 22.3 Å². The van der Waals surface area contributed by atoms with Crippen LogP contribution in [0, 0.1) is 0 Å². The quantitative estimate of drug-likeness (QED) is 0.744. The lowest BCUT2D eigenvalue weighted by Crippen LogP contribution is -1.96. The van der Waals surface area contributed by atoms with Crippen LogP contribution in [0.25, 0.3) is 5.57 Å². The van der Waals surface area contributed by atoms with Gasteiger partial charge in [0.05, 0.1) is 0 Å². The predicted octanol–water partition coefficient (Wildman–Crippen LogP) is 4.96. The molecule has 0 N–H and O–H groups in total. The number of rotatable bonds is 5. The monoisotopic (exact) mass is 260 g/mol. The van der Waals surface area contributed by atoms with Gasteiger partial charge in [0.15, 0.2) is 11.5 Å². The van der Waals surface area contributed by atoms with Crippen LogP contribution in [0.4, 0.5) is 0 Å². The highest BCUT2D eigenvalue weighted by molar-refractivity contribution is 5.76. The number of allylic oxidation sites excluding steroid dienone is 2. The highest BCUT2D eigenvalue weighted by Gasteiger charge is 2.21. The normalized spacial score (nSPS) is 12.6. The van der Waals surface area contributed by atoms with Crippen molar-refractivity contribution < 1.29 is 9.47 Å². The third-order valence-electron chi connectivity index (χ3n) is 3.50. The van der Waals surface area contributed by atoms with Crippen LogP contribution in [0.2, 0.25) is 0 Å². The molecule has 0 aromatic heterocycles. The topological polar surface area (TPSA) is 18.5 Å². The highest BCUT2D eigenvalue weighted by atomic mass is 16.7. The summed E-state index contributed by atoms with van der Waals surface area (Å²) in [4.78, 5) is 0. The summed E-state index contributed by atoms with van der Waals surface area (Å²) in [5.74, 6) is 1.85. The molecule has 0 atom stereocenters. The molecule has 1 aliphatic rings. The molecular formula is C17H24O2. The molecule has 0 fully saturated rings. The second-order valence-corrected chi connectivity index (χ2v) is 5.36. The van der Waals surface area contributed by atoms with Gasteiger partial charge in [-0.25, -0.2) is 0 Å². The van der Waals surface area contributed by atoms with Gasteiger partial charge in [-0.2, -0.15) is 0 Å². The van der Waals surface area contributed by atoms with Gasteiger partial charge in [-0.15, -0.1) is 0 Å². The lowest BCUT2D eigenvalue weighted by atomic mass is 9.93. The first kappa shape index (κ1) is 14.0. The molecule has 0 spiro atoms. The number of aryl methyl sites for hydroxylation is 1. The second kappa shape index (κ2) is 6.14. The largest absolute Gasteiger partial charge is 0.454 e. The van der Waals surface area contributed by atoms with Crippen molar-refractivity contribution in [2.45, 2.75) is 53.4 Å². The first-order valence-electron chi connectivity index (χ1n) is 7.26. The fourth-order valence-electron chi connectivity index (χ4n) is 2.63. The standard InChI is InChI=1S/C17H24O2/c1-5-7-13-9-15(14(8-6-2)12(3)4)17-16(10-13)18-11-19-17/h9-10H,5-8,11H2,1-4H3. The van der Waals surface area contributed by atoms with Gasteiger partial charge in [0.25, 0.3) is 0 Å². The van der Waals surface area contributed by atoms with E-state index in [1.54, 1.807) is 0 Å². The van der Waals surface area contributed by atoms with Gasteiger partial charge < -0.3 is 9.47 Å². The van der Waals surface area contributed by atoms with E-state index in [1.807, 2.05) is 0 Å². The molecule has 1 heterocycles. The lowest BCUT2D eigenvalue weighted by molar-refractivity contribution is 0.173. The maximum atomic E-state index is 5.68. The molecule has 0 aliphatic carbocycles. The van der Waals surface area contributed by atoms with Crippen LogP contribution in [-0.2, 0) is 6.42 Å². The summed E-state index contributed by atoms with van der Waals surface area (Å²) < 4.78 is 11.3. The minimum atomic E-state index is 0.347. The Hall–Kier alpha value is -1.44. The van der Waals surface area contributed by atoms with E-state index in [0.29, 0.717) is 6.79 Å². The van der Waals surface area contributed by atoms with Crippen molar-refractivity contribution >= 4 is 5.57 Å². The van der Waals surface area contributed by atoms with Crippen LogP contribution in [0.15, 0.2) is 17.7 Å². The average Bonchev–Trinajstić information content (AvgIpc) is 2.83. The molecule has 1 aromatic carbocycles. The molecule has 0 radical (unpaired) electrons. The van der Waals surface area contributed by atoms with Crippen LogP contribution in [0.3, 0.4) is 0 Å². The van der Waals surface area contributed by atoms with Gasteiger partial charge in [-0.05, 0) is 50.0 Å². The molecule has 104 valence electrons. The fraction of sp³-hybridized carbons (Fsp3) is 0.529. The molecule has 2 nitrogen and oxygen atoms in total. The van der Waals surface area contributed by atoms with Crippen LogP contribution >= 0.6 is 0 Å². The van der Waals surface area contributed by atoms with Crippen molar-refractivity contribution in [2.24, 2.45) is 0 Å². The Bertz CT molecular complexity index is 482. The summed E-state index contributed by atoms with van der Waals surface area (Å²) in [6, 6.07) is 4.42. The van der Waals surface area contributed by atoms with Gasteiger partial charge in [-0.3, -0.25) is 0 Å². The van der Waals surface area contributed by atoms with E-state index >= 15 is 0 Å². The van der Waals surface area contributed by atoms with Crippen LogP contribution < -0.4 is 9.47 Å². The van der Waals surface area contributed by atoms with E-state index in [4.69, 9.17) is 9.47 Å². The fourth-order valence-corrected chi connectivity index (χ4v) is 2.63. The van der Waals surface area contributed by atoms with Crippen molar-refractivity contribution in [2.75, 3.05) is 6.79 Å². The zero-order valence-electron chi connectivity index (χ0n) is 12.5. The average molecular weight is 260 g/mol. The van der Waals surface area contributed by atoms with Gasteiger partial charge in [0.1, 0.15) is 0 Å². The first-order valence-corrected chi connectivity index (χ1v) is 7.26. The summed E-state index contributed by atoms with van der Waals surface area (Å²) in [6.07, 6.45) is 4.48. The minimum Gasteiger partial charge on any atom is -0.454 e. The second-order valence-electron chi connectivity index (χ2n) is 5.36. The maximum Gasteiger partial charge on any atom is 0.231 e. The van der Waals surface area contributed by atoms with Gasteiger partial charge in [0, 0.05) is 5.56 Å². The molecule has 0 saturated heterocycles. The van der Waals surface area contributed by atoms with Crippen molar-refractivity contribution in [1.82, 2.24) is 0 Å². The molecular weight excluding hydrogens is 236 g/mol. The van der Waals surface area contributed by atoms with Crippen molar-refractivity contribution in [3.8, 4) is 11.5 Å². The Balaban J connectivity index is 2.51. The smallest absolute Gasteiger partial charge is 0.231 e. The summed E-state index contributed by atoms with van der Waals surface area (Å²) >= 11 is 0. The van der Waals surface area contributed by atoms with Gasteiger partial charge in [0.2, 0.25) is 6.79 Å². The molecule has 1 aromatic rings. The number of hydrogen-bond donors (Lipinski definition) is 0. The predicted molar refractivity (Wildman–Crippen MR) is 79.7 cm³/mol. The molecule has 19 heavy (non-hydrogen) atoms. The van der Waals surface area contributed by atoms with E-state index in [0.717, 1.165) is 37.2 Å². The maximum absolute atomic E-state index is 5.68. The summed E-state index contributed by atoms with van der Waals surface area (Å²) in [7, 11) is 0. The number of hydrogen-bond acceptors (Lipinski definition) is 2. The number of benzene rings is 1. The Kier molecular flexibility index (Phi) is 4.52. The van der Waals surface area contributed by atoms with Gasteiger partial charge >= 0.3 is 0 Å². The lowest BCUT2D eigenvalue weighted by Gasteiger charge is -2.14. The zero-order valence-corrected chi connectivity index (χ0v) is 12.5. The Morgan fingerprint density at radius 1 is 1.11 bits per heavy atom. The van der Waals surface area contributed by atoms with E-state index in [2.05, 4.69) is 39.8 Å². The van der Waals surface area contributed by atoms with Crippen molar-refractivity contribution in [3.63, 3.8) is 0 Å². The molecule has 0 amide bonds. The van der Waals surface area contributed by atoms with Crippen LogP contribution in [-0.4, -0.2) is 6.79 Å². The highest BCUT2D eigenvalue weighted by Crippen LogP contribution is 2.42. The van der Waals surface area contributed by atoms with E-state index in [9.17, 15) is 0 Å². The van der Waals surface area contributed by atoms with Crippen molar-refractivity contribution in [1.29, 1.82) is 0 Å². The SMILES string of the molecule is CCCC(=C(C)C)c1cc(CCC)cc2c1OCO2. The van der Waals surface area contributed by atoms with Crippen LogP contribution in [0.1, 0.15) is 58.1 Å². The molecule has 2 heteroatoms. The molecule has 0 unspecified atom stereocenters. The molecule has 2 rings (SSSR count). The summed E-state index contributed by atoms with van der Waals surface area (Å²) in [6.45, 7) is 9.13. The number of ether oxygens (including phenoxy) is 2.